The van der Waals surface area contributed by atoms with Gasteiger partial charge >= 0.3 is 0 Å². The number of hydrogen-bond acceptors (Lipinski definition) is 4. The van der Waals surface area contributed by atoms with E-state index < -0.39 is 0 Å². The van der Waals surface area contributed by atoms with E-state index in [2.05, 4.69) is 29.4 Å². The monoisotopic (exact) mass is 318 g/mol. The summed E-state index contributed by atoms with van der Waals surface area (Å²) in [4.78, 5) is 4.57. The molecule has 21 heavy (non-hydrogen) atoms. The van der Waals surface area contributed by atoms with Gasteiger partial charge in [0, 0.05) is 5.02 Å². The molecule has 0 spiro atoms. The molecule has 1 aromatic heterocycles. The van der Waals surface area contributed by atoms with E-state index in [1.165, 1.54) is 5.56 Å². The molecule has 0 aliphatic carbocycles. The number of nitrogens with one attached hydrogen (secondary N) is 1. The van der Waals surface area contributed by atoms with Gasteiger partial charge in [0.1, 0.15) is 5.75 Å². The molecule has 1 heterocycles. The van der Waals surface area contributed by atoms with E-state index in [0.29, 0.717) is 5.02 Å². The Morgan fingerprint density at radius 1 is 1.19 bits per heavy atom. The average Bonchev–Trinajstić information content (AvgIpc) is 2.88. The fourth-order valence-corrected chi connectivity index (χ4v) is 3.22. The Hall–Kier alpha value is -1.78. The molecular weight excluding hydrogens is 304 g/mol. The number of benzene rings is 2. The van der Waals surface area contributed by atoms with Crippen LogP contribution in [0.5, 0.6) is 5.75 Å². The molecule has 0 fully saturated rings. The molecule has 0 saturated heterocycles. The first-order chi connectivity index (χ1) is 10.2. The number of rotatable bonds is 4. The van der Waals surface area contributed by atoms with Gasteiger partial charge in [-0.3, -0.25) is 0 Å². The van der Waals surface area contributed by atoms with Crippen LogP contribution in [0.1, 0.15) is 18.5 Å². The van der Waals surface area contributed by atoms with E-state index in [4.69, 9.17) is 16.3 Å². The number of nitrogens with zero attached hydrogens (tertiary/aromatic N) is 1. The average molecular weight is 319 g/mol. The van der Waals surface area contributed by atoms with Gasteiger partial charge in [0.15, 0.2) is 5.13 Å². The van der Waals surface area contributed by atoms with Gasteiger partial charge < -0.3 is 10.1 Å². The van der Waals surface area contributed by atoms with Crippen molar-refractivity contribution < 1.29 is 4.74 Å². The minimum Gasteiger partial charge on any atom is -0.497 e. The van der Waals surface area contributed by atoms with Crippen molar-refractivity contribution >= 4 is 38.3 Å². The first-order valence-electron chi connectivity index (χ1n) is 6.62. The van der Waals surface area contributed by atoms with Gasteiger partial charge in [-0.15, -0.1) is 0 Å². The minimum absolute atomic E-state index is 0.173. The summed E-state index contributed by atoms with van der Waals surface area (Å²) in [6.45, 7) is 2.11. The smallest absolute Gasteiger partial charge is 0.184 e. The zero-order chi connectivity index (χ0) is 14.8. The van der Waals surface area contributed by atoms with Crippen LogP contribution in [0.3, 0.4) is 0 Å². The summed E-state index contributed by atoms with van der Waals surface area (Å²) < 4.78 is 6.30. The molecule has 1 atom stereocenters. The Morgan fingerprint density at radius 3 is 2.67 bits per heavy atom. The van der Waals surface area contributed by atoms with Gasteiger partial charge in [-0.1, -0.05) is 35.1 Å². The summed E-state index contributed by atoms with van der Waals surface area (Å²) in [6, 6.07) is 14.0. The molecule has 2 aromatic carbocycles. The van der Waals surface area contributed by atoms with E-state index in [1.807, 2.05) is 30.3 Å². The SMILES string of the molecule is COc1ccc(C(C)Nc2nc3cc(Cl)ccc3s2)cc1. The Morgan fingerprint density at radius 2 is 1.95 bits per heavy atom. The van der Waals surface area contributed by atoms with E-state index in [9.17, 15) is 0 Å². The van der Waals surface area contributed by atoms with Crippen molar-refractivity contribution in [2.45, 2.75) is 13.0 Å². The Bertz CT molecular complexity index is 755. The van der Waals surface area contributed by atoms with Gasteiger partial charge in [-0.2, -0.15) is 0 Å². The number of ether oxygens (including phenoxy) is 1. The minimum atomic E-state index is 0.173. The van der Waals surface area contributed by atoms with Gasteiger partial charge in [-0.05, 0) is 42.8 Å². The molecule has 1 N–H and O–H groups in total. The fourth-order valence-electron chi connectivity index (χ4n) is 2.12. The van der Waals surface area contributed by atoms with Crippen LogP contribution in [0, 0.1) is 0 Å². The maximum atomic E-state index is 5.99. The van der Waals surface area contributed by atoms with Crippen molar-refractivity contribution in [2.75, 3.05) is 12.4 Å². The van der Waals surface area contributed by atoms with E-state index in [-0.39, 0.29) is 6.04 Å². The number of aromatic nitrogens is 1. The quantitative estimate of drug-likeness (QED) is 0.724. The molecule has 0 aliphatic rings. The number of anilines is 1. The summed E-state index contributed by atoms with van der Waals surface area (Å²) in [5, 5.41) is 5.04. The lowest BCUT2D eigenvalue weighted by Crippen LogP contribution is -2.06. The van der Waals surface area contributed by atoms with Gasteiger partial charge in [0.05, 0.1) is 23.4 Å². The maximum Gasteiger partial charge on any atom is 0.184 e. The maximum absolute atomic E-state index is 5.99. The van der Waals surface area contributed by atoms with E-state index >= 15 is 0 Å². The van der Waals surface area contributed by atoms with Crippen LogP contribution in [0.25, 0.3) is 10.2 Å². The number of methoxy groups -OCH3 is 1. The van der Waals surface area contributed by atoms with Crippen LogP contribution >= 0.6 is 22.9 Å². The molecule has 0 saturated carbocycles. The Kier molecular flexibility index (Phi) is 3.99. The van der Waals surface area contributed by atoms with Gasteiger partial charge in [0.25, 0.3) is 0 Å². The second-order valence-electron chi connectivity index (χ2n) is 4.77. The Balaban J connectivity index is 1.79. The van der Waals surface area contributed by atoms with Crippen molar-refractivity contribution in [3.63, 3.8) is 0 Å². The molecule has 5 heteroatoms. The topological polar surface area (TPSA) is 34.1 Å². The Labute approximate surface area is 132 Å². The largest absolute Gasteiger partial charge is 0.497 e. The summed E-state index contributed by atoms with van der Waals surface area (Å²) in [6.07, 6.45) is 0. The van der Waals surface area contributed by atoms with Crippen molar-refractivity contribution in [1.82, 2.24) is 4.98 Å². The molecule has 1 unspecified atom stereocenters. The van der Waals surface area contributed by atoms with Crippen molar-refractivity contribution in [1.29, 1.82) is 0 Å². The van der Waals surface area contributed by atoms with Gasteiger partial charge in [0.2, 0.25) is 0 Å². The number of halogens is 1. The summed E-state index contributed by atoms with van der Waals surface area (Å²) in [5.41, 5.74) is 2.12. The summed E-state index contributed by atoms with van der Waals surface area (Å²) in [5.74, 6) is 0.862. The molecule has 0 radical (unpaired) electrons. The highest BCUT2D eigenvalue weighted by Crippen LogP contribution is 2.30. The molecule has 0 bridgehead atoms. The second kappa shape index (κ2) is 5.92. The van der Waals surface area contributed by atoms with Gasteiger partial charge in [-0.25, -0.2) is 4.98 Å². The van der Waals surface area contributed by atoms with Crippen LogP contribution in [-0.2, 0) is 0 Å². The highest BCUT2D eigenvalue weighted by Gasteiger charge is 2.09. The van der Waals surface area contributed by atoms with E-state index in [1.54, 1.807) is 18.4 Å². The first kappa shape index (κ1) is 14.2. The zero-order valence-electron chi connectivity index (χ0n) is 11.8. The lowest BCUT2D eigenvalue weighted by Gasteiger charge is -2.13. The van der Waals surface area contributed by atoms with Crippen LogP contribution in [0.2, 0.25) is 5.02 Å². The lowest BCUT2D eigenvalue weighted by molar-refractivity contribution is 0.414. The molecular formula is C16H15ClN2OS. The third-order valence-electron chi connectivity index (χ3n) is 3.31. The summed E-state index contributed by atoms with van der Waals surface area (Å²) >= 11 is 7.62. The van der Waals surface area contributed by atoms with Crippen LogP contribution in [-0.4, -0.2) is 12.1 Å². The highest BCUT2D eigenvalue weighted by molar-refractivity contribution is 7.22. The van der Waals surface area contributed by atoms with Crippen molar-refractivity contribution in [3.8, 4) is 5.75 Å². The van der Waals surface area contributed by atoms with Crippen molar-refractivity contribution in [2.24, 2.45) is 0 Å². The molecule has 108 valence electrons. The van der Waals surface area contributed by atoms with Crippen LogP contribution in [0.4, 0.5) is 5.13 Å². The lowest BCUT2D eigenvalue weighted by atomic mass is 10.1. The molecule has 0 aliphatic heterocycles. The standard InChI is InChI=1S/C16H15ClN2OS/c1-10(11-3-6-13(20-2)7-4-11)18-16-19-14-9-12(17)5-8-15(14)21-16/h3-10H,1-2H3,(H,18,19). The van der Waals surface area contributed by atoms with Crippen molar-refractivity contribution in [3.05, 3.63) is 53.1 Å². The third-order valence-corrected chi connectivity index (χ3v) is 4.51. The number of fused-ring (bicyclic) bond motifs is 1. The molecule has 3 aromatic rings. The van der Waals surface area contributed by atoms with E-state index in [0.717, 1.165) is 21.1 Å². The van der Waals surface area contributed by atoms with Crippen LogP contribution in [0.15, 0.2) is 42.5 Å². The normalized spacial score (nSPS) is 12.3. The highest BCUT2D eigenvalue weighted by atomic mass is 35.5. The molecule has 3 rings (SSSR count). The zero-order valence-corrected chi connectivity index (χ0v) is 13.3. The predicted octanol–water partition coefficient (Wildman–Crippen LogP) is 5.13. The first-order valence-corrected chi connectivity index (χ1v) is 7.82. The third kappa shape index (κ3) is 3.12. The predicted molar refractivity (Wildman–Crippen MR) is 89.7 cm³/mol. The summed E-state index contributed by atoms with van der Waals surface area (Å²) in [7, 11) is 1.67. The number of thiazole rings is 1. The fraction of sp³-hybridized carbons (Fsp3) is 0.188. The molecule has 3 nitrogen and oxygen atoms in total. The number of hydrogen-bond donors (Lipinski definition) is 1. The van der Waals surface area contributed by atoms with Crippen LogP contribution < -0.4 is 10.1 Å². The molecule has 0 amide bonds. The second-order valence-corrected chi connectivity index (χ2v) is 6.24.